The predicted molar refractivity (Wildman–Crippen MR) is 73.4 cm³/mol. The first-order valence-corrected chi connectivity index (χ1v) is 5.96. The molecule has 0 saturated heterocycles. The summed E-state index contributed by atoms with van der Waals surface area (Å²) in [6.07, 6.45) is 1.74. The molecule has 0 fully saturated rings. The summed E-state index contributed by atoms with van der Waals surface area (Å²) >= 11 is 0. The topological polar surface area (TPSA) is 73.8 Å². The van der Waals surface area contributed by atoms with Gasteiger partial charge >= 0.3 is 0 Å². The van der Waals surface area contributed by atoms with Crippen molar-refractivity contribution in [3.63, 3.8) is 0 Å². The number of para-hydroxylation sites is 1. The molecule has 0 aliphatic carbocycles. The molecule has 6 nitrogen and oxygen atoms in total. The SMILES string of the molecule is O=[N+]([O-])c1cccc(-c2cn(-c3ccccc3)nn2)c1. The normalized spacial score (nSPS) is 10.4. The number of benzene rings is 2. The van der Waals surface area contributed by atoms with Crippen molar-refractivity contribution in [3.05, 3.63) is 70.9 Å². The summed E-state index contributed by atoms with van der Waals surface area (Å²) < 4.78 is 1.63. The molecule has 0 N–H and O–H groups in total. The fraction of sp³-hybridized carbons (Fsp3) is 0. The summed E-state index contributed by atoms with van der Waals surface area (Å²) in [5.41, 5.74) is 2.19. The van der Waals surface area contributed by atoms with Crippen LogP contribution in [0.5, 0.6) is 0 Å². The second-order valence-electron chi connectivity index (χ2n) is 4.19. The van der Waals surface area contributed by atoms with Crippen molar-refractivity contribution >= 4 is 5.69 Å². The number of nitro groups is 1. The minimum atomic E-state index is -0.425. The van der Waals surface area contributed by atoms with Crippen molar-refractivity contribution in [2.75, 3.05) is 0 Å². The maximum Gasteiger partial charge on any atom is 0.270 e. The van der Waals surface area contributed by atoms with E-state index in [0.717, 1.165) is 5.69 Å². The van der Waals surface area contributed by atoms with E-state index in [9.17, 15) is 10.1 Å². The Balaban J connectivity index is 1.98. The molecule has 0 aliphatic rings. The minimum absolute atomic E-state index is 0.0387. The van der Waals surface area contributed by atoms with Crippen LogP contribution in [-0.2, 0) is 0 Å². The van der Waals surface area contributed by atoms with E-state index in [1.165, 1.54) is 12.1 Å². The average molecular weight is 266 g/mol. The van der Waals surface area contributed by atoms with Crippen LogP contribution in [0.3, 0.4) is 0 Å². The van der Waals surface area contributed by atoms with Crippen molar-refractivity contribution in [2.45, 2.75) is 0 Å². The molecule has 1 aromatic heterocycles. The highest BCUT2D eigenvalue weighted by Crippen LogP contribution is 2.22. The summed E-state index contributed by atoms with van der Waals surface area (Å²) in [6, 6.07) is 15.9. The Bertz CT molecular complexity index is 753. The molecule has 0 radical (unpaired) electrons. The first kappa shape index (κ1) is 12.0. The Hall–Kier alpha value is -3.02. The van der Waals surface area contributed by atoms with E-state index in [-0.39, 0.29) is 5.69 Å². The van der Waals surface area contributed by atoms with Crippen LogP contribution in [0.15, 0.2) is 60.8 Å². The number of nitro benzene ring substituents is 1. The van der Waals surface area contributed by atoms with Crippen molar-refractivity contribution in [2.24, 2.45) is 0 Å². The zero-order chi connectivity index (χ0) is 13.9. The molecule has 1 heterocycles. The largest absolute Gasteiger partial charge is 0.270 e. The van der Waals surface area contributed by atoms with E-state index < -0.39 is 4.92 Å². The molecule has 0 bridgehead atoms. The van der Waals surface area contributed by atoms with Crippen LogP contribution in [0.1, 0.15) is 0 Å². The summed E-state index contributed by atoms with van der Waals surface area (Å²) in [5.74, 6) is 0. The molecule has 0 amide bonds. The number of hydrogen-bond acceptors (Lipinski definition) is 4. The van der Waals surface area contributed by atoms with Crippen LogP contribution < -0.4 is 0 Å². The molecular weight excluding hydrogens is 256 g/mol. The molecule has 0 spiro atoms. The monoisotopic (exact) mass is 266 g/mol. The third kappa shape index (κ3) is 2.26. The molecular formula is C14H10N4O2. The third-order valence-electron chi connectivity index (χ3n) is 2.87. The summed E-state index contributed by atoms with van der Waals surface area (Å²) in [6.45, 7) is 0. The Morgan fingerprint density at radius 1 is 1.05 bits per heavy atom. The number of nitrogens with zero attached hydrogens (tertiary/aromatic N) is 4. The molecule has 3 aromatic rings. The zero-order valence-corrected chi connectivity index (χ0v) is 10.4. The summed E-state index contributed by atoms with van der Waals surface area (Å²) in [4.78, 5) is 10.3. The maximum atomic E-state index is 10.8. The summed E-state index contributed by atoms with van der Waals surface area (Å²) in [5, 5.41) is 18.9. The lowest BCUT2D eigenvalue weighted by Crippen LogP contribution is -1.93. The molecule has 98 valence electrons. The molecule has 2 aromatic carbocycles. The van der Waals surface area contributed by atoms with Gasteiger partial charge in [0, 0.05) is 17.7 Å². The zero-order valence-electron chi connectivity index (χ0n) is 10.4. The van der Waals surface area contributed by atoms with Gasteiger partial charge in [-0.3, -0.25) is 10.1 Å². The van der Waals surface area contributed by atoms with E-state index in [1.54, 1.807) is 23.0 Å². The Morgan fingerprint density at radius 2 is 1.85 bits per heavy atom. The molecule has 20 heavy (non-hydrogen) atoms. The van der Waals surface area contributed by atoms with Crippen LogP contribution >= 0.6 is 0 Å². The fourth-order valence-corrected chi connectivity index (χ4v) is 1.88. The third-order valence-corrected chi connectivity index (χ3v) is 2.87. The van der Waals surface area contributed by atoms with Gasteiger partial charge in [0.05, 0.1) is 16.8 Å². The van der Waals surface area contributed by atoms with Crippen LogP contribution in [0.4, 0.5) is 5.69 Å². The lowest BCUT2D eigenvalue weighted by Gasteiger charge is -1.98. The fourth-order valence-electron chi connectivity index (χ4n) is 1.88. The molecule has 0 unspecified atom stereocenters. The van der Waals surface area contributed by atoms with Gasteiger partial charge in [-0.2, -0.15) is 0 Å². The van der Waals surface area contributed by atoms with Crippen LogP contribution in [0, 0.1) is 10.1 Å². The highest BCUT2D eigenvalue weighted by Gasteiger charge is 2.10. The Morgan fingerprint density at radius 3 is 2.60 bits per heavy atom. The van der Waals surface area contributed by atoms with Gasteiger partial charge in [-0.05, 0) is 12.1 Å². The van der Waals surface area contributed by atoms with Gasteiger partial charge < -0.3 is 0 Å². The molecule has 3 rings (SSSR count). The quantitative estimate of drug-likeness (QED) is 0.539. The van der Waals surface area contributed by atoms with Crippen LogP contribution in [0.2, 0.25) is 0 Å². The van der Waals surface area contributed by atoms with Gasteiger partial charge in [-0.25, -0.2) is 4.68 Å². The van der Waals surface area contributed by atoms with E-state index >= 15 is 0 Å². The van der Waals surface area contributed by atoms with E-state index in [0.29, 0.717) is 11.3 Å². The van der Waals surface area contributed by atoms with Gasteiger partial charge in [0.25, 0.3) is 5.69 Å². The van der Waals surface area contributed by atoms with Crippen molar-refractivity contribution < 1.29 is 4.92 Å². The smallest absolute Gasteiger partial charge is 0.258 e. The van der Waals surface area contributed by atoms with Gasteiger partial charge in [0.1, 0.15) is 5.69 Å². The van der Waals surface area contributed by atoms with Gasteiger partial charge in [0.2, 0.25) is 0 Å². The second-order valence-corrected chi connectivity index (χ2v) is 4.19. The van der Waals surface area contributed by atoms with Gasteiger partial charge in [0.15, 0.2) is 0 Å². The van der Waals surface area contributed by atoms with Crippen molar-refractivity contribution in [1.29, 1.82) is 0 Å². The van der Waals surface area contributed by atoms with Gasteiger partial charge in [-0.15, -0.1) is 5.10 Å². The Kier molecular flexibility index (Phi) is 2.96. The first-order chi connectivity index (χ1) is 9.74. The van der Waals surface area contributed by atoms with Crippen molar-refractivity contribution in [3.8, 4) is 16.9 Å². The van der Waals surface area contributed by atoms with E-state index in [1.807, 2.05) is 30.3 Å². The minimum Gasteiger partial charge on any atom is -0.258 e. The van der Waals surface area contributed by atoms with Crippen molar-refractivity contribution in [1.82, 2.24) is 15.0 Å². The lowest BCUT2D eigenvalue weighted by molar-refractivity contribution is -0.384. The second kappa shape index (κ2) is 4.93. The molecule has 0 atom stereocenters. The Labute approximate surface area is 114 Å². The van der Waals surface area contributed by atoms with Gasteiger partial charge in [-0.1, -0.05) is 35.5 Å². The lowest BCUT2D eigenvalue weighted by atomic mass is 10.1. The number of hydrogen-bond donors (Lipinski definition) is 0. The maximum absolute atomic E-state index is 10.8. The van der Waals surface area contributed by atoms with Crippen LogP contribution in [-0.4, -0.2) is 19.9 Å². The highest BCUT2D eigenvalue weighted by atomic mass is 16.6. The molecule has 0 saturated carbocycles. The summed E-state index contributed by atoms with van der Waals surface area (Å²) in [7, 11) is 0. The van der Waals surface area contributed by atoms with E-state index in [2.05, 4.69) is 10.3 Å². The number of rotatable bonds is 3. The number of non-ortho nitro benzene ring substituents is 1. The standard InChI is InChI=1S/C14H10N4O2/c19-18(20)13-8-4-5-11(9-13)14-10-17(16-15-14)12-6-2-1-3-7-12/h1-10H. The molecule has 6 heteroatoms. The number of aromatic nitrogens is 3. The average Bonchev–Trinajstić information content (AvgIpc) is 2.98. The van der Waals surface area contributed by atoms with E-state index in [4.69, 9.17) is 0 Å². The van der Waals surface area contributed by atoms with Crippen LogP contribution in [0.25, 0.3) is 16.9 Å². The molecule has 0 aliphatic heterocycles. The highest BCUT2D eigenvalue weighted by molar-refractivity contribution is 5.61. The first-order valence-electron chi connectivity index (χ1n) is 5.96. The predicted octanol–water partition coefficient (Wildman–Crippen LogP) is 2.84.